The van der Waals surface area contributed by atoms with E-state index >= 15 is 0 Å². The minimum Gasteiger partial charge on any atom is -0.326 e. The van der Waals surface area contributed by atoms with Crippen LogP contribution < -0.4 is 5.32 Å². The molecule has 0 spiro atoms. The number of carbonyl (C=O) groups excluding carboxylic acids is 1. The summed E-state index contributed by atoms with van der Waals surface area (Å²) in [7, 11) is 0. The van der Waals surface area contributed by atoms with Crippen LogP contribution in [0.2, 0.25) is 5.02 Å². The van der Waals surface area contributed by atoms with Gasteiger partial charge in [-0.15, -0.1) is 0 Å². The highest BCUT2D eigenvalue weighted by molar-refractivity contribution is 6.39. The number of rotatable bonds is 5. The molecule has 1 aromatic carbocycles. The van der Waals surface area contributed by atoms with Crippen molar-refractivity contribution in [2.75, 3.05) is 5.32 Å². The highest BCUT2D eigenvalue weighted by Crippen LogP contribution is 2.31. The third-order valence-corrected chi connectivity index (χ3v) is 5.46. The van der Waals surface area contributed by atoms with E-state index in [-0.39, 0.29) is 5.91 Å². The van der Waals surface area contributed by atoms with Crippen molar-refractivity contribution in [3.63, 3.8) is 0 Å². The van der Waals surface area contributed by atoms with Gasteiger partial charge in [-0.1, -0.05) is 37.6 Å². The maximum Gasteiger partial charge on any atom is 0.258 e. The average molecular weight is 420 g/mol. The molecule has 0 aliphatic rings. The Bertz CT molecular complexity index is 1200. The smallest absolute Gasteiger partial charge is 0.258 e. The quantitative estimate of drug-likeness (QED) is 0.481. The summed E-state index contributed by atoms with van der Waals surface area (Å²) in [6.45, 7) is 6.77. The summed E-state index contributed by atoms with van der Waals surface area (Å²) in [4.78, 5) is 25.6. The zero-order chi connectivity index (χ0) is 21.3. The topological polar surface area (TPSA) is 72.7 Å². The first-order chi connectivity index (χ1) is 14.4. The second-order valence-corrected chi connectivity index (χ2v) is 7.93. The van der Waals surface area contributed by atoms with Crippen LogP contribution in [-0.4, -0.2) is 25.4 Å². The number of benzene rings is 1. The van der Waals surface area contributed by atoms with Crippen LogP contribution in [0.25, 0.3) is 11.0 Å². The van der Waals surface area contributed by atoms with E-state index in [1.807, 2.05) is 48.0 Å². The van der Waals surface area contributed by atoms with Crippen molar-refractivity contribution in [3.8, 4) is 0 Å². The molecule has 0 aliphatic carbocycles. The number of aryl methyl sites for hydroxylation is 1. The second-order valence-electron chi connectivity index (χ2n) is 7.56. The van der Waals surface area contributed by atoms with E-state index in [0.717, 1.165) is 22.3 Å². The molecule has 152 valence electrons. The second kappa shape index (κ2) is 8.24. The van der Waals surface area contributed by atoms with Gasteiger partial charge in [-0.2, -0.15) is 0 Å². The molecule has 3 aromatic heterocycles. The molecule has 0 aliphatic heterocycles. The molecule has 0 radical (unpaired) electrons. The molecule has 6 nitrogen and oxygen atoms in total. The number of hydrogen-bond donors (Lipinski definition) is 1. The molecule has 0 saturated carbocycles. The number of carbonyl (C=O) groups is 1. The fraction of sp³-hybridized carbons (Fsp3) is 0.217. The lowest BCUT2D eigenvalue weighted by molar-refractivity contribution is 0.102. The van der Waals surface area contributed by atoms with Gasteiger partial charge < -0.3 is 9.88 Å². The van der Waals surface area contributed by atoms with Crippen molar-refractivity contribution in [1.82, 2.24) is 19.5 Å². The number of nitrogens with zero attached hydrogens (tertiary/aromatic N) is 4. The monoisotopic (exact) mass is 419 g/mol. The van der Waals surface area contributed by atoms with E-state index < -0.39 is 0 Å². The molecular weight excluding hydrogens is 398 g/mol. The summed E-state index contributed by atoms with van der Waals surface area (Å²) < 4.78 is 1.98. The molecule has 30 heavy (non-hydrogen) atoms. The molecule has 0 unspecified atom stereocenters. The molecule has 3 heterocycles. The Morgan fingerprint density at radius 3 is 2.60 bits per heavy atom. The van der Waals surface area contributed by atoms with Crippen molar-refractivity contribution in [2.24, 2.45) is 0 Å². The fourth-order valence-corrected chi connectivity index (χ4v) is 3.79. The standard InChI is InChI=1S/C23H22ClN5O/c1-14(2)16-4-6-17(7-5-16)28-23(30)19-10-26-22-20(21(19)24)15(3)11-29(22)12-18-8-9-25-13-27-18/h4-11,13-14H,12H2,1-3H3,(H,28,30). The molecule has 1 amide bonds. The van der Waals surface area contributed by atoms with Crippen LogP contribution in [0.15, 0.2) is 55.2 Å². The number of pyridine rings is 1. The van der Waals surface area contributed by atoms with Gasteiger partial charge in [-0.3, -0.25) is 4.79 Å². The first-order valence-electron chi connectivity index (χ1n) is 9.74. The molecule has 4 rings (SSSR count). The fourth-order valence-electron chi connectivity index (χ4n) is 3.42. The van der Waals surface area contributed by atoms with Crippen LogP contribution in [0, 0.1) is 6.92 Å². The molecule has 0 atom stereocenters. The maximum absolute atomic E-state index is 12.8. The van der Waals surface area contributed by atoms with Gasteiger partial charge in [0.15, 0.2) is 0 Å². The van der Waals surface area contributed by atoms with Gasteiger partial charge in [-0.05, 0) is 42.2 Å². The van der Waals surface area contributed by atoms with E-state index in [1.54, 1.807) is 6.20 Å². The largest absolute Gasteiger partial charge is 0.326 e. The molecule has 4 aromatic rings. The number of hydrogen-bond acceptors (Lipinski definition) is 4. The van der Waals surface area contributed by atoms with Crippen molar-refractivity contribution in [2.45, 2.75) is 33.2 Å². The first-order valence-corrected chi connectivity index (χ1v) is 10.1. The number of anilines is 1. The van der Waals surface area contributed by atoms with Crippen LogP contribution in [0.5, 0.6) is 0 Å². The van der Waals surface area contributed by atoms with E-state index in [9.17, 15) is 4.79 Å². The van der Waals surface area contributed by atoms with Crippen molar-refractivity contribution >= 4 is 34.2 Å². The van der Waals surface area contributed by atoms with Crippen LogP contribution in [0.4, 0.5) is 5.69 Å². The third-order valence-electron chi connectivity index (χ3n) is 5.07. The number of amides is 1. The third kappa shape index (κ3) is 3.91. The molecule has 1 N–H and O–H groups in total. The van der Waals surface area contributed by atoms with Crippen molar-refractivity contribution in [3.05, 3.63) is 82.7 Å². The first kappa shape index (κ1) is 20.0. The number of fused-ring (bicyclic) bond motifs is 1. The SMILES string of the molecule is Cc1cn(Cc2ccncn2)c2ncc(C(=O)Nc3ccc(C(C)C)cc3)c(Cl)c12. The van der Waals surface area contributed by atoms with Crippen LogP contribution in [-0.2, 0) is 6.54 Å². The Morgan fingerprint density at radius 1 is 1.17 bits per heavy atom. The number of halogens is 1. The lowest BCUT2D eigenvalue weighted by Crippen LogP contribution is -2.13. The summed E-state index contributed by atoms with van der Waals surface area (Å²) >= 11 is 6.65. The zero-order valence-electron chi connectivity index (χ0n) is 17.1. The minimum atomic E-state index is -0.283. The Kier molecular flexibility index (Phi) is 5.50. The summed E-state index contributed by atoms with van der Waals surface area (Å²) in [6.07, 6.45) is 6.72. The van der Waals surface area contributed by atoms with E-state index in [4.69, 9.17) is 11.6 Å². The average Bonchev–Trinajstić information content (AvgIpc) is 3.05. The number of aromatic nitrogens is 4. The Labute approximate surface area is 180 Å². The van der Waals surface area contributed by atoms with Gasteiger partial charge in [0.1, 0.15) is 12.0 Å². The number of nitrogens with one attached hydrogen (secondary N) is 1. The van der Waals surface area contributed by atoms with E-state index in [0.29, 0.717) is 28.7 Å². The molecule has 0 fully saturated rings. The maximum atomic E-state index is 12.8. The summed E-state index contributed by atoms with van der Waals surface area (Å²) in [6, 6.07) is 9.68. The lowest BCUT2D eigenvalue weighted by Gasteiger charge is -2.10. The Balaban J connectivity index is 1.63. The predicted octanol–water partition coefficient (Wildman–Crippen LogP) is 5.21. The summed E-state index contributed by atoms with van der Waals surface area (Å²) in [5.41, 5.74) is 4.82. The van der Waals surface area contributed by atoms with Crippen LogP contribution in [0.1, 0.15) is 46.9 Å². The van der Waals surface area contributed by atoms with Gasteiger partial charge in [0.05, 0.1) is 22.8 Å². The molecule has 0 saturated heterocycles. The lowest BCUT2D eigenvalue weighted by atomic mass is 10.0. The summed E-state index contributed by atoms with van der Waals surface area (Å²) in [5, 5.41) is 4.08. The van der Waals surface area contributed by atoms with Crippen molar-refractivity contribution in [1.29, 1.82) is 0 Å². The molecule has 0 bridgehead atoms. The highest BCUT2D eigenvalue weighted by Gasteiger charge is 2.19. The molecular formula is C23H22ClN5O. The van der Waals surface area contributed by atoms with Gasteiger partial charge in [0, 0.05) is 29.7 Å². The van der Waals surface area contributed by atoms with Crippen LogP contribution >= 0.6 is 11.6 Å². The minimum absolute atomic E-state index is 0.283. The highest BCUT2D eigenvalue weighted by atomic mass is 35.5. The van der Waals surface area contributed by atoms with Gasteiger partial charge in [-0.25, -0.2) is 15.0 Å². The molecule has 7 heteroatoms. The zero-order valence-corrected chi connectivity index (χ0v) is 17.8. The normalized spacial score (nSPS) is 11.2. The van der Waals surface area contributed by atoms with Gasteiger partial charge >= 0.3 is 0 Å². The Hall–Kier alpha value is -3.25. The Morgan fingerprint density at radius 2 is 1.93 bits per heavy atom. The van der Waals surface area contributed by atoms with Gasteiger partial charge in [0.25, 0.3) is 5.91 Å². The van der Waals surface area contributed by atoms with Gasteiger partial charge in [0.2, 0.25) is 0 Å². The van der Waals surface area contributed by atoms with Crippen molar-refractivity contribution < 1.29 is 4.79 Å². The van der Waals surface area contributed by atoms with Crippen LogP contribution in [0.3, 0.4) is 0 Å². The summed E-state index contributed by atoms with van der Waals surface area (Å²) in [5.74, 6) is 0.153. The van der Waals surface area contributed by atoms with E-state index in [2.05, 4.69) is 34.1 Å². The van der Waals surface area contributed by atoms with E-state index in [1.165, 1.54) is 18.1 Å². The predicted molar refractivity (Wildman–Crippen MR) is 119 cm³/mol.